The largest absolute Gasteiger partial charge is 0.481 e. The van der Waals surface area contributed by atoms with Crippen LogP contribution in [-0.2, 0) is 20.9 Å². The molecule has 3 aliphatic rings. The van der Waals surface area contributed by atoms with Gasteiger partial charge in [-0.05, 0) is 17.6 Å². The van der Waals surface area contributed by atoms with E-state index in [0.717, 1.165) is 16.1 Å². The van der Waals surface area contributed by atoms with Crippen molar-refractivity contribution in [1.29, 1.82) is 0 Å². The molecule has 6 nitrogen and oxygen atoms in total. The van der Waals surface area contributed by atoms with Crippen molar-refractivity contribution in [3.8, 4) is 11.3 Å². The Bertz CT molecular complexity index is 796. The Labute approximate surface area is 142 Å². The minimum absolute atomic E-state index is 0.120. The van der Waals surface area contributed by atoms with E-state index in [9.17, 15) is 14.7 Å². The minimum atomic E-state index is -0.953. The molecule has 0 radical (unpaired) electrons. The predicted molar refractivity (Wildman–Crippen MR) is 87.4 cm³/mol. The van der Waals surface area contributed by atoms with E-state index in [2.05, 4.69) is 9.69 Å². The van der Waals surface area contributed by atoms with Crippen molar-refractivity contribution in [3.63, 3.8) is 0 Å². The number of carbonyl (C=O) groups excluding carboxylic acids is 1. The number of hydrogen-bond acceptors (Lipinski definition) is 5. The summed E-state index contributed by atoms with van der Waals surface area (Å²) in [6.45, 7) is 0.489. The van der Waals surface area contributed by atoms with Gasteiger partial charge in [-0.1, -0.05) is 30.3 Å². The monoisotopic (exact) mass is 344 g/mol. The summed E-state index contributed by atoms with van der Waals surface area (Å²) in [4.78, 5) is 24.5. The maximum Gasteiger partial charge on any atom is 0.312 e. The Morgan fingerprint density at radius 1 is 1.29 bits per heavy atom. The number of amides is 1. The van der Waals surface area contributed by atoms with Gasteiger partial charge in [-0.25, -0.2) is 0 Å². The van der Waals surface area contributed by atoms with Gasteiger partial charge in [0.1, 0.15) is 5.60 Å². The summed E-state index contributed by atoms with van der Waals surface area (Å²) < 4.78 is 9.90. The van der Waals surface area contributed by atoms with Crippen LogP contribution >= 0.6 is 11.5 Å². The molecule has 2 N–H and O–H groups in total. The number of nitrogens with zero attached hydrogens (tertiary/aromatic N) is 1. The van der Waals surface area contributed by atoms with Crippen LogP contribution in [0.5, 0.6) is 0 Å². The summed E-state index contributed by atoms with van der Waals surface area (Å²) in [5, 5.41) is 12.1. The Balaban J connectivity index is 1.38. The SMILES string of the molecule is O=C(O)C12COC(C(=O)NCc3cc(-c4ccccc4)ns3)(C1)C2. The van der Waals surface area contributed by atoms with Crippen molar-refractivity contribution in [2.75, 3.05) is 6.61 Å². The van der Waals surface area contributed by atoms with E-state index in [-0.39, 0.29) is 25.4 Å². The second kappa shape index (κ2) is 5.39. The van der Waals surface area contributed by atoms with E-state index in [1.807, 2.05) is 36.4 Å². The van der Waals surface area contributed by atoms with Crippen molar-refractivity contribution in [2.45, 2.75) is 25.0 Å². The fraction of sp³-hybridized carbons (Fsp3) is 0.353. The quantitative estimate of drug-likeness (QED) is 0.867. The van der Waals surface area contributed by atoms with Crippen LogP contribution in [0.4, 0.5) is 0 Å². The van der Waals surface area contributed by atoms with Crippen molar-refractivity contribution in [3.05, 3.63) is 41.3 Å². The third-order valence-electron chi connectivity index (χ3n) is 4.79. The number of ether oxygens (including phenoxy) is 1. The molecule has 5 rings (SSSR count). The topological polar surface area (TPSA) is 88.5 Å². The molecule has 2 aromatic rings. The van der Waals surface area contributed by atoms with Crippen LogP contribution in [0.3, 0.4) is 0 Å². The molecule has 3 heterocycles. The highest BCUT2D eigenvalue weighted by atomic mass is 32.1. The van der Waals surface area contributed by atoms with Crippen molar-refractivity contribution in [1.82, 2.24) is 9.69 Å². The molecule has 0 unspecified atom stereocenters. The van der Waals surface area contributed by atoms with E-state index < -0.39 is 17.0 Å². The van der Waals surface area contributed by atoms with Crippen LogP contribution in [0.2, 0.25) is 0 Å². The van der Waals surface area contributed by atoms with Crippen molar-refractivity contribution in [2.24, 2.45) is 5.41 Å². The predicted octanol–water partition coefficient (Wildman–Crippen LogP) is 2.06. The molecule has 0 atom stereocenters. The summed E-state index contributed by atoms with van der Waals surface area (Å²) in [6, 6.07) is 11.8. The van der Waals surface area contributed by atoms with Crippen LogP contribution in [0.1, 0.15) is 17.7 Å². The molecule has 1 aromatic carbocycles. The Hall–Kier alpha value is -2.25. The molecule has 1 aromatic heterocycles. The highest BCUT2D eigenvalue weighted by molar-refractivity contribution is 7.06. The zero-order valence-corrected chi connectivity index (χ0v) is 13.6. The number of fused-ring (bicyclic) bond motifs is 1. The first-order chi connectivity index (χ1) is 11.5. The lowest BCUT2D eigenvalue weighted by Crippen LogP contribution is -2.56. The van der Waals surface area contributed by atoms with E-state index in [1.165, 1.54) is 11.5 Å². The second-order valence-electron chi connectivity index (χ2n) is 6.45. The van der Waals surface area contributed by atoms with Gasteiger partial charge in [0.25, 0.3) is 5.91 Å². The van der Waals surface area contributed by atoms with Gasteiger partial charge in [0.15, 0.2) is 0 Å². The fourth-order valence-electron chi connectivity index (χ4n) is 3.43. The van der Waals surface area contributed by atoms with Gasteiger partial charge in [-0.2, -0.15) is 4.37 Å². The minimum Gasteiger partial charge on any atom is -0.481 e. The van der Waals surface area contributed by atoms with E-state index in [4.69, 9.17) is 4.74 Å². The lowest BCUT2D eigenvalue weighted by atomic mass is 9.62. The highest BCUT2D eigenvalue weighted by Gasteiger charge is 2.70. The third kappa shape index (κ3) is 2.32. The molecular formula is C17H16N2O4S. The summed E-state index contributed by atoms with van der Waals surface area (Å²) in [7, 11) is 0. The van der Waals surface area contributed by atoms with Crippen molar-refractivity contribution < 1.29 is 19.4 Å². The molecule has 2 bridgehead atoms. The van der Waals surface area contributed by atoms with Gasteiger partial charge in [0, 0.05) is 23.3 Å². The van der Waals surface area contributed by atoms with Crippen LogP contribution in [0.15, 0.2) is 36.4 Å². The molecule has 0 spiro atoms. The third-order valence-corrected chi connectivity index (χ3v) is 5.58. The number of rotatable bonds is 5. The first-order valence-electron chi connectivity index (χ1n) is 7.70. The summed E-state index contributed by atoms with van der Waals surface area (Å²) >= 11 is 1.35. The van der Waals surface area contributed by atoms with E-state index in [0.29, 0.717) is 6.54 Å². The Morgan fingerprint density at radius 3 is 2.71 bits per heavy atom. The lowest BCUT2D eigenvalue weighted by Gasteiger charge is -2.40. The standard InChI is InChI=1S/C17H16N2O4S/c20-14(17-8-16(9-17,10-23-17)15(21)22)18-7-12-6-13(19-24-12)11-4-2-1-3-5-11/h1-6H,7-10H2,(H,18,20)(H,21,22). The number of carboxylic acids is 1. The molecule has 1 aliphatic carbocycles. The van der Waals surface area contributed by atoms with Crippen LogP contribution in [-0.4, -0.2) is 33.6 Å². The highest BCUT2D eigenvalue weighted by Crippen LogP contribution is 2.58. The number of aliphatic carboxylic acids is 1. The zero-order valence-electron chi connectivity index (χ0n) is 12.8. The van der Waals surface area contributed by atoms with E-state index >= 15 is 0 Å². The molecular weight excluding hydrogens is 328 g/mol. The lowest BCUT2D eigenvalue weighted by molar-refractivity contribution is -0.158. The average molecular weight is 344 g/mol. The Kier molecular flexibility index (Phi) is 3.43. The van der Waals surface area contributed by atoms with Gasteiger partial charge in [0.2, 0.25) is 0 Å². The zero-order chi connectivity index (χ0) is 16.8. The number of carbonyl (C=O) groups is 2. The number of carboxylic acid groups (broad SMARTS) is 1. The first-order valence-corrected chi connectivity index (χ1v) is 8.47. The molecule has 124 valence electrons. The fourth-order valence-corrected chi connectivity index (χ4v) is 4.11. The van der Waals surface area contributed by atoms with Crippen LogP contribution < -0.4 is 5.32 Å². The van der Waals surface area contributed by atoms with Crippen LogP contribution in [0, 0.1) is 5.41 Å². The molecule has 2 saturated heterocycles. The second-order valence-corrected chi connectivity index (χ2v) is 7.34. The van der Waals surface area contributed by atoms with Gasteiger partial charge in [-0.3, -0.25) is 9.59 Å². The maximum atomic E-state index is 12.4. The molecule has 2 aliphatic heterocycles. The molecule has 24 heavy (non-hydrogen) atoms. The normalized spacial score (nSPS) is 27.5. The van der Waals surface area contributed by atoms with Crippen molar-refractivity contribution >= 4 is 23.4 Å². The van der Waals surface area contributed by atoms with E-state index in [1.54, 1.807) is 0 Å². The maximum absolute atomic E-state index is 12.4. The number of aromatic nitrogens is 1. The molecule has 3 fully saturated rings. The summed E-state index contributed by atoms with van der Waals surface area (Å²) in [5.41, 5.74) is 0.108. The van der Waals surface area contributed by atoms with Crippen LogP contribution in [0.25, 0.3) is 11.3 Å². The average Bonchev–Trinajstić information content (AvgIpc) is 3.26. The van der Waals surface area contributed by atoms with Gasteiger partial charge in [0.05, 0.1) is 24.3 Å². The molecule has 1 amide bonds. The number of nitrogens with one attached hydrogen (secondary N) is 1. The summed E-state index contributed by atoms with van der Waals surface area (Å²) in [6.07, 6.45) is 0.526. The van der Waals surface area contributed by atoms with Gasteiger partial charge < -0.3 is 15.2 Å². The first kappa shape index (κ1) is 15.3. The van der Waals surface area contributed by atoms with Gasteiger partial charge in [-0.15, -0.1) is 0 Å². The number of benzene rings is 1. The smallest absolute Gasteiger partial charge is 0.312 e. The molecule has 1 saturated carbocycles. The number of hydrogen-bond donors (Lipinski definition) is 2. The van der Waals surface area contributed by atoms with Gasteiger partial charge >= 0.3 is 5.97 Å². The summed E-state index contributed by atoms with van der Waals surface area (Å²) in [5.74, 6) is -1.11. The Morgan fingerprint density at radius 2 is 2.04 bits per heavy atom. The molecule has 7 heteroatoms.